The second-order valence-electron chi connectivity index (χ2n) is 4.28. The van der Waals surface area contributed by atoms with Gasteiger partial charge in [-0.3, -0.25) is 9.69 Å². The van der Waals surface area contributed by atoms with Crippen molar-refractivity contribution >= 4 is 5.78 Å². The molecule has 0 radical (unpaired) electrons. The second kappa shape index (κ2) is 7.80. The molecule has 0 spiro atoms. The number of Topliss-reactive ketones (excluding diaryl/α,β-unsaturated/α-hetero) is 1. The van der Waals surface area contributed by atoms with E-state index in [0.29, 0.717) is 6.61 Å². The van der Waals surface area contributed by atoms with Gasteiger partial charge < -0.3 is 4.74 Å². The van der Waals surface area contributed by atoms with E-state index in [1.807, 2.05) is 13.8 Å². The van der Waals surface area contributed by atoms with Crippen LogP contribution in [0, 0.1) is 0 Å². The molecular formula is C13H27NO2. The monoisotopic (exact) mass is 229 g/mol. The number of carbonyl (C=O) groups is 1. The average Bonchev–Trinajstić information content (AvgIpc) is 2.30. The summed E-state index contributed by atoms with van der Waals surface area (Å²) in [7, 11) is 0. The smallest absolute Gasteiger partial charge is 0.178 e. The maximum Gasteiger partial charge on any atom is 0.178 e. The highest BCUT2D eigenvalue weighted by atomic mass is 16.5. The van der Waals surface area contributed by atoms with E-state index in [9.17, 15) is 4.79 Å². The van der Waals surface area contributed by atoms with Crippen LogP contribution in [0.25, 0.3) is 0 Å². The quantitative estimate of drug-likeness (QED) is 0.569. The Morgan fingerprint density at radius 3 is 2.12 bits per heavy atom. The molecule has 0 fully saturated rings. The zero-order valence-corrected chi connectivity index (χ0v) is 11.5. The van der Waals surface area contributed by atoms with Gasteiger partial charge in [0.2, 0.25) is 0 Å². The highest BCUT2D eigenvalue weighted by Gasteiger charge is 2.35. The Kier molecular flexibility index (Phi) is 7.60. The number of hydrogen-bond donors (Lipinski definition) is 0. The third kappa shape index (κ3) is 3.87. The summed E-state index contributed by atoms with van der Waals surface area (Å²) in [6.45, 7) is 13.1. The summed E-state index contributed by atoms with van der Waals surface area (Å²) in [4.78, 5) is 14.4. The van der Waals surface area contributed by atoms with Gasteiger partial charge in [-0.05, 0) is 32.9 Å². The number of hydrogen-bond acceptors (Lipinski definition) is 3. The Hall–Kier alpha value is -0.410. The van der Waals surface area contributed by atoms with Gasteiger partial charge in [0.15, 0.2) is 5.78 Å². The lowest BCUT2D eigenvalue weighted by atomic mass is 9.91. The first-order valence-corrected chi connectivity index (χ1v) is 6.42. The SMILES string of the molecule is CCCOCC(=O)C(C)(CC)N(CC)CC. The van der Waals surface area contributed by atoms with Crippen LogP contribution in [0.4, 0.5) is 0 Å². The van der Waals surface area contributed by atoms with E-state index < -0.39 is 0 Å². The normalized spacial score (nSPS) is 15.1. The van der Waals surface area contributed by atoms with Crippen molar-refractivity contribution in [2.24, 2.45) is 0 Å². The van der Waals surface area contributed by atoms with E-state index >= 15 is 0 Å². The van der Waals surface area contributed by atoms with Gasteiger partial charge >= 0.3 is 0 Å². The van der Waals surface area contributed by atoms with Crippen LogP contribution >= 0.6 is 0 Å². The van der Waals surface area contributed by atoms with Gasteiger partial charge in [0.1, 0.15) is 6.61 Å². The van der Waals surface area contributed by atoms with Gasteiger partial charge in [0, 0.05) is 6.61 Å². The maximum absolute atomic E-state index is 12.2. The molecule has 0 saturated carbocycles. The number of ketones is 1. The predicted molar refractivity (Wildman–Crippen MR) is 67.7 cm³/mol. The Labute approximate surface area is 100 Å². The number of nitrogens with zero attached hydrogens (tertiary/aromatic N) is 1. The molecule has 0 rings (SSSR count). The van der Waals surface area contributed by atoms with E-state index in [-0.39, 0.29) is 17.9 Å². The number of rotatable bonds is 9. The maximum atomic E-state index is 12.2. The lowest BCUT2D eigenvalue weighted by Crippen LogP contribution is -2.53. The van der Waals surface area contributed by atoms with Crippen LogP contribution in [0.3, 0.4) is 0 Å². The molecule has 0 saturated heterocycles. The van der Waals surface area contributed by atoms with Gasteiger partial charge in [0.05, 0.1) is 5.54 Å². The van der Waals surface area contributed by atoms with Crippen LogP contribution in [0.1, 0.15) is 47.5 Å². The molecule has 0 aliphatic heterocycles. The summed E-state index contributed by atoms with van der Waals surface area (Å²) in [6.07, 6.45) is 1.80. The molecule has 1 atom stereocenters. The number of carbonyl (C=O) groups excluding carboxylic acids is 1. The Bertz CT molecular complexity index is 202. The van der Waals surface area contributed by atoms with Gasteiger partial charge in [-0.2, -0.15) is 0 Å². The van der Waals surface area contributed by atoms with Crippen molar-refractivity contribution in [1.29, 1.82) is 0 Å². The van der Waals surface area contributed by atoms with Crippen molar-refractivity contribution in [2.45, 2.75) is 53.0 Å². The second-order valence-corrected chi connectivity index (χ2v) is 4.28. The molecule has 0 heterocycles. The topological polar surface area (TPSA) is 29.5 Å². The molecule has 0 aromatic heterocycles. The molecule has 0 aliphatic carbocycles. The zero-order chi connectivity index (χ0) is 12.6. The van der Waals surface area contributed by atoms with Crippen molar-refractivity contribution < 1.29 is 9.53 Å². The zero-order valence-electron chi connectivity index (χ0n) is 11.5. The summed E-state index contributed by atoms with van der Waals surface area (Å²) >= 11 is 0. The standard InChI is InChI=1S/C13H27NO2/c1-6-10-16-11-12(15)13(5,7-2)14(8-3)9-4/h6-11H2,1-5H3. The molecule has 0 aliphatic rings. The van der Waals surface area contributed by atoms with Gasteiger partial charge in [-0.25, -0.2) is 0 Å². The molecule has 1 unspecified atom stereocenters. The van der Waals surface area contributed by atoms with E-state index in [4.69, 9.17) is 4.74 Å². The van der Waals surface area contributed by atoms with E-state index in [1.54, 1.807) is 0 Å². The molecule has 0 aromatic rings. The summed E-state index contributed by atoms with van der Waals surface area (Å²) in [5.74, 6) is 0.201. The molecule has 16 heavy (non-hydrogen) atoms. The summed E-state index contributed by atoms with van der Waals surface area (Å²) < 4.78 is 5.36. The van der Waals surface area contributed by atoms with Crippen molar-refractivity contribution in [2.75, 3.05) is 26.3 Å². The third-order valence-corrected chi connectivity index (χ3v) is 3.33. The van der Waals surface area contributed by atoms with Gasteiger partial charge in [-0.1, -0.05) is 27.7 Å². The minimum atomic E-state index is -0.364. The largest absolute Gasteiger partial charge is 0.374 e. The minimum Gasteiger partial charge on any atom is -0.374 e. The average molecular weight is 229 g/mol. The third-order valence-electron chi connectivity index (χ3n) is 3.33. The van der Waals surface area contributed by atoms with Crippen LogP contribution in [0.5, 0.6) is 0 Å². The van der Waals surface area contributed by atoms with Crippen molar-refractivity contribution in [3.05, 3.63) is 0 Å². The lowest BCUT2D eigenvalue weighted by Gasteiger charge is -2.38. The van der Waals surface area contributed by atoms with Crippen LogP contribution in [-0.4, -0.2) is 42.5 Å². The molecule has 3 nitrogen and oxygen atoms in total. The highest BCUT2D eigenvalue weighted by Crippen LogP contribution is 2.20. The fraction of sp³-hybridized carbons (Fsp3) is 0.923. The Morgan fingerprint density at radius 2 is 1.75 bits per heavy atom. The molecule has 0 aromatic carbocycles. The van der Waals surface area contributed by atoms with Crippen molar-refractivity contribution in [3.8, 4) is 0 Å². The van der Waals surface area contributed by atoms with Crippen LogP contribution in [0.15, 0.2) is 0 Å². The molecule has 0 bridgehead atoms. The summed E-state index contributed by atoms with van der Waals surface area (Å²) in [6, 6.07) is 0. The molecule has 96 valence electrons. The highest BCUT2D eigenvalue weighted by molar-refractivity contribution is 5.89. The lowest BCUT2D eigenvalue weighted by molar-refractivity contribution is -0.135. The first-order chi connectivity index (χ1) is 7.56. The molecular weight excluding hydrogens is 202 g/mol. The number of likely N-dealkylation sites (N-methyl/N-ethyl adjacent to an activating group) is 1. The summed E-state index contributed by atoms with van der Waals surface area (Å²) in [5, 5.41) is 0. The van der Waals surface area contributed by atoms with Crippen LogP contribution in [-0.2, 0) is 9.53 Å². The Morgan fingerprint density at radius 1 is 1.19 bits per heavy atom. The number of ether oxygens (including phenoxy) is 1. The minimum absolute atomic E-state index is 0.201. The first kappa shape index (κ1) is 15.6. The van der Waals surface area contributed by atoms with Crippen LogP contribution < -0.4 is 0 Å². The van der Waals surface area contributed by atoms with E-state index in [1.165, 1.54) is 0 Å². The molecule has 3 heteroatoms. The van der Waals surface area contributed by atoms with E-state index in [2.05, 4.69) is 25.7 Å². The molecule has 0 N–H and O–H groups in total. The summed E-state index contributed by atoms with van der Waals surface area (Å²) in [5.41, 5.74) is -0.364. The molecule has 0 amide bonds. The predicted octanol–water partition coefficient (Wildman–Crippen LogP) is 2.49. The fourth-order valence-corrected chi connectivity index (χ4v) is 1.98. The van der Waals surface area contributed by atoms with Crippen molar-refractivity contribution in [3.63, 3.8) is 0 Å². The Balaban J connectivity index is 4.48. The van der Waals surface area contributed by atoms with E-state index in [0.717, 1.165) is 25.9 Å². The fourth-order valence-electron chi connectivity index (χ4n) is 1.98. The first-order valence-electron chi connectivity index (χ1n) is 6.42. The van der Waals surface area contributed by atoms with Crippen molar-refractivity contribution in [1.82, 2.24) is 4.90 Å². The van der Waals surface area contributed by atoms with Crippen LogP contribution in [0.2, 0.25) is 0 Å². The van der Waals surface area contributed by atoms with Gasteiger partial charge in [0.25, 0.3) is 0 Å². The van der Waals surface area contributed by atoms with Gasteiger partial charge in [-0.15, -0.1) is 0 Å².